The zero-order chi connectivity index (χ0) is 8.12. The first-order chi connectivity index (χ1) is 4.24. The molecule has 0 saturated carbocycles. The Balaban J connectivity index is -0.0000000150. The Hall–Kier alpha value is 0.439. The summed E-state index contributed by atoms with van der Waals surface area (Å²) in [6.45, 7) is 0. The van der Waals surface area contributed by atoms with E-state index in [0.717, 1.165) is 0 Å². The molecule has 0 N–H and O–H groups in total. The van der Waals surface area contributed by atoms with Crippen LogP contribution in [0, 0.1) is 0 Å². The predicted octanol–water partition coefficient (Wildman–Crippen LogP) is 1.97. The van der Waals surface area contributed by atoms with Crippen LogP contribution >= 0.6 is 36.7 Å². The van der Waals surface area contributed by atoms with Crippen molar-refractivity contribution in [1.82, 2.24) is 0 Å². The minimum Gasteiger partial charge on any atom is -0.753 e. The van der Waals surface area contributed by atoms with Crippen LogP contribution in [0.15, 0.2) is 0 Å². The first-order valence-corrected chi connectivity index (χ1v) is 2.51. The van der Waals surface area contributed by atoms with Crippen LogP contribution in [0.5, 0.6) is 0 Å². The number of rotatable bonds is 0. The third-order valence-electron chi connectivity index (χ3n) is 0. The molecule has 0 spiro atoms. The van der Waals surface area contributed by atoms with Crippen LogP contribution in [0.3, 0.4) is 0 Å². The maximum absolute atomic E-state index is 7.13. The number of isothiocyanates is 3. The molecule has 0 atom stereocenters. The minimum atomic E-state index is 0. The van der Waals surface area contributed by atoms with Crippen molar-refractivity contribution in [2.75, 3.05) is 0 Å². The second-order valence-electron chi connectivity index (χ2n) is 0.274. The van der Waals surface area contributed by atoms with Crippen molar-refractivity contribution in [2.45, 2.75) is 0 Å². The summed E-state index contributed by atoms with van der Waals surface area (Å²) in [4.78, 5) is 0. The second kappa shape index (κ2) is 78.6. The largest absolute Gasteiger partial charge is 2.00 e. The fourth-order valence-corrected chi connectivity index (χ4v) is 0. The zero-order valence-electron chi connectivity index (χ0n) is 4.67. The molecular weight excluding hydrogens is 301 g/mol. The molecule has 0 amide bonds. The Morgan fingerprint density at radius 3 is 0.727 bits per heavy atom. The first-order valence-electron chi connectivity index (χ1n) is 1.28. The van der Waals surface area contributed by atoms with Crippen molar-refractivity contribution in [3.05, 3.63) is 16.2 Å². The molecule has 0 rings (SSSR count). The fraction of sp³-hybridized carbons (Fsp3) is 0. The monoisotopic (exact) mass is 300 g/mol. The van der Waals surface area contributed by atoms with Crippen molar-refractivity contribution in [3.8, 4) is 0 Å². The van der Waals surface area contributed by atoms with E-state index >= 15 is 0 Å². The van der Waals surface area contributed by atoms with Gasteiger partial charge in [-0.05, 0) is 0 Å². The summed E-state index contributed by atoms with van der Waals surface area (Å²) < 4.78 is 0. The summed E-state index contributed by atoms with van der Waals surface area (Å²) in [6.07, 6.45) is 0. The van der Waals surface area contributed by atoms with Crippen molar-refractivity contribution in [1.29, 1.82) is 0 Å². The van der Waals surface area contributed by atoms with Gasteiger partial charge in [0.1, 0.15) is 0 Å². The van der Waals surface area contributed by atoms with Crippen LogP contribution in [0.4, 0.5) is 0 Å². The maximum atomic E-state index is 7.13. The van der Waals surface area contributed by atoms with Crippen LogP contribution in [0.25, 0.3) is 16.2 Å². The van der Waals surface area contributed by atoms with E-state index in [-0.39, 0.29) is 34.1 Å². The third kappa shape index (κ3) is 3860. The molecule has 0 heterocycles. The summed E-state index contributed by atoms with van der Waals surface area (Å²) >= 11 is 11.1. The smallest absolute Gasteiger partial charge is 0.753 e. The molecule has 0 saturated heterocycles. The maximum Gasteiger partial charge on any atom is 2.00 e. The quantitative estimate of drug-likeness (QED) is 0.390. The van der Waals surface area contributed by atoms with Crippen LogP contribution < -0.4 is 0 Å². The van der Waals surface area contributed by atoms with Crippen molar-refractivity contribution in [3.63, 3.8) is 0 Å². The molecule has 11 heavy (non-hydrogen) atoms. The van der Waals surface area contributed by atoms with E-state index < -0.39 is 0 Å². The average molecular weight is 301 g/mol. The first kappa shape index (κ1) is 30.1. The molecule has 0 fully saturated rings. The molecule has 0 bridgehead atoms. The molecule has 0 unspecified atom stereocenters. The molecule has 8 heteroatoms. The molecule has 0 aliphatic rings. The molecule has 0 aliphatic carbocycles. The van der Waals surface area contributed by atoms with Gasteiger partial charge in [0.05, 0.1) is 0 Å². The third-order valence-corrected chi connectivity index (χ3v) is 0. The van der Waals surface area contributed by atoms with Gasteiger partial charge in [0.15, 0.2) is 0 Å². The number of hydrogen-bond donors (Lipinski definition) is 0. The number of hydrogen-bond acceptors (Lipinski definition) is 3. The van der Waals surface area contributed by atoms with Gasteiger partial charge in [-0.3, -0.25) is 0 Å². The molecule has 1 radical (unpaired) electrons. The van der Waals surface area contributed by atoms with Gasteiger partial charge in [0.2, 0.25) is 0 Å². The Bertz CT molecular complexity index is 113. The predicted molar refractivity (Wildman–Crippen MR) is 47.9 cm³/mol. The van der Waals surface area contributed by atoms with E-state index in [4.69, 9.17) is 16.2 Å². The minimum absolute atomic E-state index is 0. The second-order valence-corrected chi connectivity index (χ2v) is 0.822. The number of thiocarbonyl (C=S) groups is 3. The normalized spacial score (nSPS) is 2.18. The van der Waals surface area contributed by atoms with Crippen LogP contribution in [-0.4, -0.2) is 15.5 Å². The Morgan fingerprint density at radius 2 is 0.727 bits per heavy atom. The van der Waals surface area contributed by atoms with Gasteiger partial charge in [0.25, 0.3) is 0 Å². The van der Waals surface area contributed by atoms with E-state index in [1.165, 1.54) is 15.5 Å². The average Bonchev–Trinajstić information content (AvgIpc) is 1.70. The molecule has 67 valence electrons. The van der Waals surface area contributed by atoms with E-state index in [1.54, 1.807) is 0 Å². The van der Waals surface area contributed by atoms with Crippen molar-refractivity contribution < 1.29 is 34.1 Å². The molecule has 0 aromatic rings. The van der Waals surface area contributed by atoms with E-state index in [0.29, 0.717) is 0 Å². The summed E-state index contributed by atoms with van der Waals surface area (Å²) in [7, 11) is 0. The summed E-state index contributed by atoms with van der Waals surface area (Å²) in [5, 5.41) is 25.4. The summed E-state index contributed by atoms with van der Waals surface area (Å²) in [5.74, 6) is 0. The van der Waals surface area contributed by atoms with Crippen molar-refractivity contribution >= 4 is 52.1 Å². The molecule has 0 aromatic heterocycles. The van der Waals surface area contributed by atoms with E-state index in [2.05, 4.69) is 36.7 Å². The zero-order valence-corrected chi connectivity index (χ0v) is 9.00. The topological polar surface area (TPSA) is 66.9 Å². The molecule has 0 aliphatic heterocycles. The van der Waals surface area contributed by atoms with E-state index in [1.807, 2.05) is 0 Å². The summed E-state index contributed by atoms with van der Waals surface area (Å²) in [5.41, 5.74) is 0. The standard InChI is InChI=1S/3CNS.2Cu/c3*2-1-3;;/q3*-1;+1;+2. The van der Waals surface area contributed by atoms with Gasteiger partial charge < -0.3 is 16.2 Å². The van der Waals surface area contributed by atoms with Gasteiger partial charge in [0, 0.05) is 0 Å². The van der Waals surface area contributed by atoms with Gasteiger partial charge in [-0.1, -0.05) is 36.7 Å². The fourth-order valence-electron chi connectivity index (χ4n) is 0. The van der Waals surface area contributed by atoms with Crippen LogP contribution in [0.1, 0.15) is 0 Å². The van der Waals surface area contributed by atoms with E-state index in [9.17, 15) is 0 Å². The van der Waals surface area contributed by atoms with Crippen LogP contribution in [-0.2, 0) is 34.1 Å². The summed E-state index contributed by atoms with van der Waals surface area (Å²) in [6, 6.07) is 0. The Labute approximate surface area is 102 Å². The Kier molecular flexibility index (Phi) is 215. The number of nitrogens with zero attached hydrogens (tertiary/aromatic N) is 3. The van der Waals surface area contributed by atoms with Crippen LogP contribution in [0.2, 0.25) is 0 Å². The SMILES string of the molecule is [Cu+2].[Cu+].[N-]=C=S.[N-]=C=S.[N-]=C=S. The van der Waals surface area contributed by atoms with Gasteiger partial charge in [-0.15, -0.1) is 0 Å². The Morgan fingerprint density at radius 1 is 0.727 bits per heavy atom. The van der Waals surface area contributed by atoms with Gasteiger partial charge in [-0.25, -0.2) is 0 Å². The molecule has 0 aromatic carbocycles. The van der Waals surface area contributed by atoms with Crippen molar-refractivity contribution in [2.24, 2.45) is 0 Å². The molecule has 3 nitrogen and oxygen atoms in total. The van der Waals surface area contributed by atoms with Gasteiger partial charge in [-0.2, -0.15) is 15.5 Å². The molecular formula is C3Cu2N3S3. The van der Waals surface area contributed by atoms with Gasteiger partial charge >= 0.3 is 34.1 Å².